The number of urea groups is 1. The molecule has 1 aromatic heterocycles. The van der Waals surface area contributed by atoms with Crippen LogP contribution in [0, 0.1) is 5.92 Å². The molecule has 0 aromatic carbocycles. The Morgan fingerprint density at radius 2 is 2.04 bits per heavy atom. The van der Waals surface area contributed by atoms with Crippen molar-refractivity contribution >= 4 is 11.9 Å². The summed E-state index contributed by atoms with van der Waals surface area (Å²) in [6, 6.07) is 3.62. The molecule has 3 rings (SSSR count). The van der Waals surface area contributed by atoms with E-state index in [9.17, 15) is 9.59 Å². The third-order valence-corrected chi connectivity index (χ3v) is 4.80. The van der Waals surface area contributed by atoms with Gasteiger partial charge in [0.15, 0.2) is 5.76 Å². The first-order valence-electron chi connectivity index (χ1n) is 9.05. The monoisotopic (exact) mass is 333 g/mol. The smallest absolute Gasteiger partial charge is 0.317 e. The van der Waals surface area contributed by atoms with Crippen LogP contribution >= 0.6 is 0 Å². The highest BCUT2D eigenvalue weighted by molar-refractivity contribution is 5.91. The number of hydrogen-bond donors (Lipinski definition) is 1. The molecule has 2 heterocycles. The van der Waals surface area contributed by atoms with Crippen LogP contribution in [0.4, 0.5) is 4.79 Å². The summed E-state index contributed by atoms with van der Waals surface area (Å²) in [5, 5.41) is 3.16. The first kappa shape index (κ1) is 16.9. The lowest BCUT2D eigenvalue weighted by Crippen LogP contribution is -2.50. The van der Waals surface area contributed by atoms with Gasteiger partial charge in [0.25, 0.3) is 5.91 Å². The maximum atomic E-state index is 12.5. The normalized spacial score (nSPS) is 18.5. The predicted molar refractivity (Wildman–Crippen MR) is 90.8 cm³/mol. The topological polar surface area (TPSA) is 65.8 Å². The van der Waals surface area contributed by atoms with Crippen LogP contribution in [0.5, 0.6) is 0 Å². The Labute approximate surface area is 143 Å². The molecule has 6 heteroatoms. The minimum atomic E-state index is -0.0638. The Bertz CT molecular complexity index is 546. The third-order valence-electron chi connectivity index (χ3n) is 4.80. The average molecular weight is 333 g/mol. The molecule has 1 aliphatic carbocycles. The molecule has 0 unspecified atom stereocenters. The van der Waals surface area contributed by atoms with Crippen molar-refractivity contribution < 1.29 is 14.0 Å². The number of nitrogens with one attached hydrogen (secondary N) is 1. The van der Waals surface area contributed by atoms with Gasteiger partial charge in [0.1, 0.15) is 0 Å². The molecule has 0 radical (unpaired) electrons. The molecule has 0 atom stereocenters. The van der Waals surface area contributed by atoms with Gasteiger partial charge in [-0.3, -0.25) is 4.79 Å². The molecule has 0 spiro atoms. The molecule has 24 heavy (non-hydrogen) atoms. The van der Waals surface area contributed by atoms with Crippen LogP contribution in [-0.4, -0.2) is 54.0 Å². The number of rotatable bonds is 6. The number of hydrogen-bond acceptors (Lipinski definition) is 3. The number of furan rings is 1. The Hall–Kier alpha value is -1.98. The molecule has 132 valence electrons. The molecule has 2 fully saturated rings. The van der Waals surface area contributed by atoms with Gasteiger partial charge in [-0.05, 0) is 50.2 Å². The zero-order chi connectivity index (χ0) is 16.9. The second-order valence-corrected chi connectivity index (χ2v) is 6.88. The van der Waals surface area contributed by atoms with E-state index in [4.69, 9.17) is 4.42 Å². The number of piperidine rings is 1. The largest absolute Gasteiger partial charge is 0.459 e. The summed E-state index contributed by atoms with van der Waals surface area (Å²) in [4.78, 5) is 28.5. The van der Waals surface area contributed by atoms with E-state index in [1.807, 2.05) is 4.90 Å². The van der Waals surface area contributed by atoms with Gasteiger partial charge in [0, 0.05) is 32.2 Å². The first-order chi connectivity index (χ1) is 11.7. The minimum Gasteiger partial charge on any atom is -0.459 e. The molecular formula is C18H27N3O3. The summed E-state index contributed by atoms with van der Waals surface area (Å²) in [5.74, 6) is 1.03. The van der Waals surface area contributed by atoms with E-state index in [0.29, 0.717) is 24.8 Å². The average Bonchev–Trinajstić information content (AvgIpc) is 3.24. The highest BCUT2D eigenvalue weighted by Gasteiger charge is 2.29. The molecule has 3 amide bonds. The number of carbonyl (C=O) groups excluding carboxylic acids is 2. The molecule has 2 aliphatic rings. The molecule has 6 nitrogen and oxygen atoms in total. The summed E-state index contributed by atoms with van der Waals surface area (Å²) >= 11 is 0. The maximum absolute atomic E-state index is 12.5. The van der Waals surface area contributed by atoms with Gasteiger partial charge in [-0.15, -0.1) is 0 Å². The van der Waals surface area contributed by atoms with Gasteiger partial charge in [0.05, 0.1) is 6.26 Å². The fraction of sp³-hybridized carbons (Fsp3) is 0.667. The van der Waals surface area contributed by atoms with E-state index in [2.05, 4.69) is 12.2 Å². The van der Waals surface area contributed by atoms with Crippen LogP contribution in [0.15, 0.2) is 22.8 Å². The number of nitrogens with zero attached hydrogens (tertiary/aromatic N) is 2. The molecule has 1 saturated carbocycles. The third kappa shape index (κ3) is 4.30. The Morgan fingerprint density at radius 1 is 1.29 bits per heavy atom. The van der Waals surface area contributed by atoms with Crippen LogP contribution in [0.3, 0.4) is 0 Å². The van der Waals surface area contributed by atoms with Crippen LogP contribution in [0.2, 0.25) is 0 Å². The standard InChI is InChI=1S/C18H27N3O3/c1-2-9-21(13-14-5-6-14)18(23)19-15-7-10-20(11-8-15)17(22)16-4-3-12-24-16/h3-4,12,14-15H,2,5-11,13H2,1H3,(H,19,23). The van der Waals surface area contributed by atoms with Gasteiger partial charge in [-0.1, -0.05) is 6.92 Å². The van der Waals surface area contributed by atoms with Crippen molar-refractivity contribution in [2.24, 2.45) is 5.92 Å². The zero-order valence-corrected chi connectivity index (χ0v) is 14.4. The van der Waals surface area contributed by atoms with E-state index in [0.717, 1.165) is 32.4 Å². The van der Waals surface area contributed by atoms with Crippen molar-refractivity contribution in [2.75, 3.05) is 26.2 Å². The number of likely N-dealkylation sites (tertiary alicyclic amines) is 1. The molecule has 1 saturated heterocycles. The second-order valence-electron chi connectivity index (χ2n) is 6.88. The molecule has 1 aromatic rings. The SMILES string of the molecule is CCCN(CC1CC1)C(=O)NC1CCN(C(=O)c2ccco2)CC1. The molecule has 1 aliphatic heterocycles. The zero-order valence-electron chi connectivity index (χ0n) is 14.4. The summed E-state index contributed by atoms with van der Waals surface area (Å²) in [5.41, 5.74) is 0. The van der Waals surface area contributed by atoms with E-state index >= 15 is 0 Å². The highest BCUT2D eigenvalue weighted by atomic mass is 16.3. The van der Waals surface area contributed by atoms with Crippen molar-refractivity contribution in [3.63, 3.8) is 0 Å². The van der Waals surface area contributed by atoms with E-state index in [1.165, 1.54) is 19.1 Å². The summed E-state index contributed by atoms with van der Waals surface area (Å²) in [6.45, 7) is 5.11. The van der Waals surface area contributed by atoms with E-state index < -0.39 is 0 Å². The second kappa shape index (κ2) is 7.73. The lowest BCUT2D eigenvalue weighted by molar-refractivity contribution is 0.0674. The van der Waals surface area contributed by atoms with Crippen LogP contribution in [-0.2, 0) is 0 Å². The Kier molecular flexibility index (Phi) is 5.43. The number of carbonyl (C=O) groups is 2. The lowest BCUT2D eigenvalue weighted by Gasteiger charge is -2.33. The van der Waals surface area contributed by atoms with Gasteiger partial charge in [-0.2, -0.15) is 0 Å². The van der Waals surface area contributed by atoms with Crippen LogP contribution in [0.25, 0.3) is 0 Å². The van der Waals surface area contributed by atoms with Gasteiger partial charge in [0.2, 0.25) is 0 Å². The Balaban J connectivity index is 1.45. The minimum absolute atomic E-state index is 0.0551. The van der Waals surface area contributed by atoms with Crippen molar-refractivity contribution in [3.8, 4) is 0 Å². The molecule has 0 bridgehead atoms. The molecule has 1 N–H and O–H groups in total. The maximum Gasteiger partial charge on any atom is 0.317 e. The number of amides is 3. The van der Waals surface area contributed by atoms with Gasteiger partial charge < -0.3 is 19.5 Å². The van der Waals surface area contributed by atoms with Crippen molar-refractivity contribution in [2.45, 2.75) is 45.1 Å². The van der Waals surface area contributed by atoms with E-state index in [-0.39, 0.29) is 18.0 Å². The van der Waals surface area contributed by atoms with Gasteiger partial charge >= 0.3 is 6.03 Å². The molecular weight excluding hydrogens is 306 g/mol. The van der Waals surface area contributed by atoms with Crippen molar-refractivity contribution in [1.82, 2.24) is 15.1 Å². The van der Waals surface area contributed by atoms with Crippen LogP contribution in [0.1, 0.15) is 49.6 Å². The quantitative estimate of drug-likeness (QED) is 0.870. The van der Waals surface area contributed by atoms with Crippen molar-refractivity contribution in [1.29, 1.82) is 0 Å². The summed E-state index contributed by atoms with van der Waals surface area (Å²) < 4.78 is 5.17. The first-order valence-corrected chi connectivity index (χ1v) is 9.05. The highest BCUT2D eigenvalue weighted by Crippen LogP contribution is 2.29. The van der Waals surface area contributed by atoms with Crippen molar-refractivity contribution in [3.05, 3.63) is 24.2 Å². The fourth-order valence-electron chi connectivity index (χ4n) is 3.21. The summed E-state index contributed by atoms with van der Waals surface area (Å²) in [7, 11) is 0. The predicted octanol–water partition coefficient (Wildman–Crippen LogP) is 2.72. The van der Waals surface area contributed by atoms with Gasteiger partial charge in [-0.25, -0.2) is 4.79 Å². The van der Waals surface area contributed by atoms with Crippen LogP contribution < -0.4 is 5.32 Å². The fourth-order valence-corrected chi connectivity index (χ4v) is 3.21. The Morgan fingerprint density at radius 3 is 2.62 bits per heavy atom. The summed E-state index contributed by atoms with van der Waals surface area (Å²) in [6.07, 6.45) is 6.59. The van der Waals surface area contributed by atoms with E-state index in [1.54, 1.807) is 17.0 Å². The lowest BCUT2D eigenvalue weighted by atomic mass is 10.0.